The normalized spacial score (nSPS) is 13.6. The lowest BCUT2D eigenvalue weighted by Gasteiger charge is -2.28. The van der Waals surface area contributed by atoms with E-state index in [0.29, 0.717) is 11.1 Å². The summed E-state index contributed by atoms with van der Waals surface area (Å²) >= 11 is 0. The summed E-state index contributed by atoms with van der Waals surface area (Å²) in [6.45, 7) is 23.7. The lowest BCUT2D eigenvalue weighted by atomic mass is 9.80. The van der Waals surface area contributed by atoms with Crippen LogP contribution in [0.4, 0.5) is 0 Å². The number of phosphoric acid groups is 1. The van der Waals surface area contributed by atoms with Gasteiger partial charge in [0.15, 0.2) is 23.0 Å². The van der Waals surface area contributed by atoms with Crippen LogP contribution in [0.5, 0.6) is 23.0 Å². The molecule has 0 unspecified atom stereocenters. The second-order valence-electron chi connectivity index (χ2n) is 13.4. The van der Waals surface area contributed by atoms with Crippen molar-refractivity contribution in [3.63, 3.8) is 0 Å². The van der Waals surface area contributed by atoms with E-state index in [2.05, 4.69) is 0 Å². The fourth-order valence-corrected chi connectivity index (χ4v) is 4.44. The average molecular weight is 507 g/mol. The molecule has 35 heavy (non-hydrogen) atoms. The molecule has 2 rings (SSSR count). The third kappa shape index (κ3) is 6.95. The minimum absolute atomic E-state index is 0.143. The minimum atomic E-state index is -4.80. The van der Waals surface area contributed by atoms with Crippen molar-refractivity contribution in [2.45, 2.75) is 105 Å². The first-order chi connectivity index (χ1) is 15.4. The van der Waals surface area contributed by atoms with Gasteiger partial charge in [-0.25, -0.2) is 4.57 Å². The third-order valence-corrected chi connectivity index (χ3v) is 6.78. The number of phosphoric ester groups is 1. The van der Waals surface area contributed by atoms with E-state index in [9.17, 15) is 19.7 Å². The molecule has 0 aliphatic heterocycles. The monoisotopic (exact) mass is 506 g/mol. The molecule has 7 heteroatoms. The van der Waals surface area contributed by atoms with Crippen LogP contribution in [0.25, 0.3) is 0 Å². The largest absolute Gasteiger partial charge is 0.585 e. The van der Waals surface area contributed by atoms with E-state index >= 15 is 0 Å². The van der Waals surface area contributed by atoms with Crippen molar-refractivity contribution in [1.29, 1.82) is 0 Å². The zero-order valence-electron chi connectivity index (χ0n) is 23.3. The van der Waals surface area contributed by atoms with E-state index < -0.39 is 18.7 Å². The number of phenols is 2. The molecular weight excluding hydrogens is 463 g/mol. The first-order valence-corrected chi connectivity index (χ1v) is 13.4. The molecule has 0 atom stereocenters. The third-order valence-electron chi connectivity index (χ3n) is 5.93. The summed E-state index contributed by atoms with van der Waals surface area (Å²) < 4.78 is 24.1. The zero-order chi connectivity index (χ0) is 27.4. The summed E-state index contributed by atoms with van der Waals surface area (Å²) in [5.41, 5.74) is 1.38. The van der Waals surface area contributed by atoms with Crippen LogP contribution in [-0.2, 0) is 26.2 Å². The Morgan fingerprint density at radius 1 is 0.571 bits per heavy atom. The van der Waals surface area contributed by atoms with Crippen molar-refractivity contribution >= 4 is 7.82 Å². The molecule has 2 aromatic rings. The zero-order valence-corrected chi connectivity index (χ0v) is 24.2. The van der Waals surface area contributed by atoms with Gasteiger partial charge in [-0.1, -0.05) is 95.2 Å². The molecule has 6 nitrogen and oxygen atoms in total. The SMILES string of the molecule is CC(C)(C)c1cc(OP(=O)(O)Oc2cc(C(C)(C)C)cc(C(C)(C)C)c2O)c(O)c(C(C)(C)C)c1. The molecule has 0 bridgehead atoms. The smallest absolute Gasteiger partial charge is 0.504 e. The van der Waals surface area contributed by atoms with Crippen molar-refractivity contribution in [1.82, 2.24) is 0 Å². The number of hydrogen-bond donors (Lipinski definition) is 3. The molecule has 0 saturated carbocycles. The molecule has 3 N–H and O–H groups in total. The molecule has 0 aliphatic rings. The van der Waals surface area contributed by atoms with Crippen LogP contribution >= 0.6 is 7.82 Å². The van der Waals surface area contributed by atoms with E-state index in [1.54, 1.807) is 12.1 Å². The van der Waals surface area contributed by atoms with Crippen molar-refractivity contribution in [2.24, 2.45) is 0 Å². The Balaban J connectivity index is 2.62. The van der Waals surface area contributed by atoms with Crippen LogP contribution in [0.15, 0.2) is 24.3 Å². The fraction of sp³-hybridized carbons (Fsp3) is 0.571. The fourth-order valence-electron chi connectivity index (χ4n) is 3.63. The molecule has 0 heterocycles. The highest BCUT2D eigenvalue weighted by molar-refractivity contribution is 7.48. The first-order valence-electron chi connectivity index (χ1n) is 11.9. The van der Waals surface area contributed by atoms with E-state index in [-0.39, 0.29) is 33.8 Å². The van der Waals surface area contributed by atoms with Crippen molar-refractivity contribution in [3.05, 3.63) is 46.5 Å². The second kappa shape index (κ2) is 9.05. The summed E-state index contributed by atoms with van der Waals surface area (Å²) in [7, 11) is -4.80. The molecule has 0 saturated heterocycles. The molecule has 0 aliphatic carbocycles. The summed E-state index contributed by atoms with van der Waals surface area (Å²) in [4.78, 5) is 10.7. The Bertz CT molecular complexity index is 1050. The van der Waals surface area contributed by atoms with Crippen LogP contribution in [0.3, 0.4) is 0 Å². The van der Waals surface area contributed by atoms with Gasteiger partial charge in [0.2, 0.25) is 0 Å². The number of hydrogen-bond acceptors (Lipinski definition) is 5. The summed E-state index contributed by atoms with van der Waals surface area (Å²) in [6, 6.07) is 6.89. The number of rotatable bonds is 4. The molecule has 196 valence electrons. The maximum Gasteiger partial charge on any atom is 0.585 e. The van der Waals surface area contributed by atoms with Crippen molar-refractivity contribution in [2.75, 3.05) is 0 Å². The molecule has 0 radical (unpaired) electrons. The van der Waals surface area contributed by atoms with E-state index in [4.69, 9.17) is 9.05 Å². The lowest BCUT2D eigenvalue weighted by Crippen LogP contribution is -2.18. The standard InChI is InChI=1S/C28H43O6P/c1-25(2,3)17-13-19(27(7,8)9)23(29)21(15-17)33-35(31,32)34-22-16-18(26(4,5)6)14-20(24(22)30)28(10,11)12/h13-16,29-30H,1-12H3,(H,31,32). The highest BCUT2D eigenvalue weighted by Crippen LogP contribution is 2.53. The van der Waals surface area contributed by atoms with Crippen LogP contribution < -0.4 is 9.05 Å². The van der Waals surface area contributed by atoms with Crippen LogP contribution in [0.1, 0.15) is 105 Å². The average Bonchev–Trinajstić information content (AvgIpc) is 2.60. The topological polar surface area (TPSA) is 96.2 Å². The predicted octanol–water partition coefficient (Wildman–Crippen LogP) is 7.85. The van der Waals surface area contributed by atoms with Gasteiger partial charge in [-0.15, -0.1) is 0 Å². The summed E-state index contributed by atoms with van der Waals surface area (Å²) in [5.74, 6) is -0.718. The highest BCUT2D eigenvalue weighted by Gasteiger charge is 2.34. The summed E-state index contributed by atoms with van der Waals surface area (Å²) in [5, 5.41) is 21.9. The molecule has 0 fully saturated rings. The van der Waals surface area contributed by atoms with Gasteiger partial charge in [0.05, 0.1) is 0 Å². The summed E-state index contributed by atoms with van der Waals surface area (Å²) in [6.07, 6.45) is 0. The number of phenolic OH excluding ortho intramolecular Hbond substituents is 2. The Labute approximate surface area is 210 Å². The lowest BCUT2D eigenvalue weighted by molar-refractivity contribution is 0.277. The number of aromatic hydroxyl groups is 2. The van der Waals surface area contributed by atoms with E-state index in [1.165, 1.54) is 0 Å². The van der Waals surface area contributed by atoms with Gasteiger partial charge in [-0.05, 0) is 44.9 Å². The van der Waals surface area contributed by atoms with Crippen molar-refractivity contribution < 1.29 is 28.7 Å². The van der Waals surface area contributed by atoms with Crippen molar-refractivity contribution in [3.8, 4) is 23.0 Å². The van der Waals surface area contributed by atoms with Crippen LogP contribution in [-0.4, -0.2) is 15.1 Å². The first kappa shape index (κ1) is 29.1. The van der Waals surface area contributed by atoms with E-state index in [0.717, 1.165) is 11.1 Å². The highest BCUT2D eigenvalue weighted by atomic mass is 31.2. The van der Waals surface area contributed by atoms with Gasteiger partial charge < -0.3 is 19.3 Å². The minimum Gasteiger partial charge on any atom is -0.504 e. The van der Waals surface area contributed by atoms with Gasteiger partial charge in [0.1, 0.15) is 0 Å². The Hall–Kier alpha value is -2.17. The molecular formula is C28H43O6P. The Morgan fingerprint density at radius 2 is 0.857 bits per heavy atom. The predicted molar refractivity (Wildman–Crippen MR) is 142 cm³/mol. The van der Waals surface area contributed by atoms with Gasteiger partial charge in [-0.3, -0.25) is 4.89 Å². The molecule has 0 spiro atoms. The maximum atomic E-state index is 13.2. The van der Waals surface area contributed by atoms with Crippen LogP contribution in [0, 0.1) is 0 Å². The van der Waals surface area contributed by atoms with Gasteiger partial charge >= 0.3 is 7.82 Å². The quantitative estimate of drug-likeness (QED) is 0.366. The Morgan fingerprint density at radius 3 is 1.09 bits per heavy atom. The van der Waals surface area contributed by atoms with Gasteiger partial charge in [0.25, 0.3) is 0 Å². The van der Waals surface area contributed by atoms with Gasteiger partial charge in [-0.2, -0.15) is 0 Å². The second-order valence-corrected chi connectivity index (χ2v) is 14.7. The molecule has 2 aromatic carbocycles. The van der Waals surface area contributed by atoms with Gasteiger partial charge in [0, 0.05) is 11.1 Å². The molecule has 0 aromatic heterocycles. The van der Waals surface area contributed by atoms with E-state index in [1.807, 2.05) is 95.2 Å². The Kier molecular flexibility index (Phi) is 7.51. The maximum absolute atomic E-state index is 13.2. The molecule has 0 amide bonds. The van der Waals surface area contributed by atoms with Crippen LogP contribution in [0.2, 0.25) is 0 Å². The number of benzene rings is 2.